The van der Waals surface area contributed by atoms with Gasteiger partial charge in [0.2, 0.25) is 0 Å². The minimum absolute atomic E-state index is 0.0225. The number of hydrogen-bond donors (Lipinski definition) is 7. The maximum Gasteiger partial charge on any atom is 0.162 e. The van der Waals surface area contributed by atoms with Gasteiger partial charge in [-0.3, -0.25) is 4.79 Å². The summed E-state index contributed by atoms with van der Waals surface area (Å²) in [7, 11) is 0. The van der Waals surface area contributed by atoms with Crippen molar-refractivity contribution in [2.24, 2.45) is 51.6 Å². The molecule has 7 aliphatic rings. The number of carbonyl (C=O) groups excluding carboxylic acids is 1. The molecule has 260 valence electrons. The molecule has 0 aromatic carbocycles. The molecule has 0 amide bonds. The van der Waals surface area contributed by atoms with E-state index in [0.29, 0.717) is 44.4 Å². The molecule has 5 aliphatic carbocycles. The van der Waals surface area contributed by atoms with Gasteiger partial charge in [-0.15, -0.1) is 0 Å². The lowest BCUT2D eigenvalue weighted by Gasteiger charge is -2.63. The van der Waals surface area contributed by atoms with Gasteiger partial charge < -0.3 is 41.3 Å². The summed E-state index contributed by atoms with van der Waals surface area (Å²) in [5.74, 6) is 0.119. The number of rotatable bonds is 8. The number of piperidine rings is 1. The number of nitrogens with one attached hydrogen (secondary N) is 1. The van der Waals surface area contributed by atoms with E-state index < -0.39 is 45.9 Å². The van der Waals surface area contributed by atoms with Crippen molar-refractivity contribution in [2.45, 2.75) is 153 Å². The van der Waals surface area contributed by atoms with Crippen LogP contribution >= 0.6 is 0 Å². The lowest BCUT2D eigenvalue weighted by Crippen LogP contribution is -2.64. The Balaban J connectivity index is 1.15. The van der Waals surface area contributed by atoms with Crippen LogP contribution in [0.1, 0.15) is 112 Å². The smallest absolute Gasteiger partial charge is 0.162 e. The predicted molar refractivity (Wildman–Crippen MR) is 173 cm³/mol. The van der Waals surface area contributed by atoms with Crippen LogP contribution in [-0.4, -0.2) is 85.7 Å². The van der Waals surface area contributed by atoms with E-state index in [1.807, 2.05) is 13.8 Å². The molecule has 0 radical (unpaired) electrons. The highest BCUT2D eigenvalue weighted by Crippen LogP contribution is 2.73. The fraction of sp³-hybridized carbons (Fsp3) is 0.919. The van der Waals surface area contributed by atoms with Crippen LogP contribution in [0.2, 0.25) is 0 Å². The van der Waals surface area contributed by atoms with Gasteiger partial charge in [0.05, 0.1) is 35.7 Å². The molecule has 9 heteroatoms. The van der Waals surface area contributed by atoms with Crippen molar-refractivity contribution in [3.05, 3.63) is 11.1 Å². The Morgan fingerprint density at radius 2 is 1.74 bits per heavy atom. The van der Waals surface area contributed by atoms with Crippen LogP contribution < -0.4 is 11.1 Å². The maximum atomic E-state index is 14.1. The number of hydrogen-bond acceptors (Lipinski definition) is 9. The second-order valence-electron chi connectivity index (χ2n) is 18.1. The molecule has 9 nitrogen and oxygen atoms in total. The number of allylic oxidation sites excluding steroid dienone is 1. The number of aliphatic hydroxyl groups is 5. The average Bonchev–Trinajstić information content (AvgIpc) is 3.79. The molecule has 5 fully saturated rings. The predicted octanol–water partition coefficient (Wildman–Crippen LogP) is 2.94. The van der Waals surface area contributed by atoms with Crippen LogP contribution in [0.3, 0.4) is 0 Å². The Morgan fingerprint density at radius 3 is 2.43 bits per heavy atom. The van der Waals surface area contributed by atoms with Gasteiger partial charge in [0.15, 0.2) is 5.78 Å². The fourth-order valence-corrected chi connectivity index (χ4v) is 12.4. The molecule has 46 heavy (non-hydrogen) atoms. The van der Waals surface area contributed by atoms with Gasteiger partial charge in [-0.2, -0.15) is 0 Å². The number of nitrogens with two attached hydrogens (primary N) is 1. The number of Topliss-reactive ketones (excluding diaryl/α,β-unsaturated/α-hetero) is 1. The first kappa shape index (κ1) is 33.6. The van der Waals surface area contributed by atoms with E-state index in [1.165, 1.54) is 0 Å². The molecule has 2 aliphatic heterocycles. The normalized spacial score (nSPS) is 50.6. The molecule has 0 spiro atoms. The van der Waals surface area contributed by atoms with Crippen LogP contribution in [0.25, 0.3) is 0 Å². The Hall–Kier alpha value is -0.910. The van der Waals surface area contributed by atoms with Gasteiger partial charge in [-0.05, 0) is 138 Å². The van der Waals surface area contributed by atoms with Crippen molar-refractivity contribution in [3.8, 4) is 0 Å². The molecule has 7 rings (SSSR count). The van der Waals surface area contributed by atoms with Crippen molar-refractivity contribution in [2.75, 3.05) is 13.2 Å². The average molecular weight is 645 g/mol. The summed E-state index contributed by atoms with van der Waals surface area (Å²) in [6, 6.07) is 0. The van der Waals surface area contributed by atoms with Crippen molar-refractivity contribution in [1.82, 2.24) is 5.32 Å². The van der Waals surface area contributed by atoms with Gasteiger partial charge in [0.1, 0.15) is 12.2 Å². The molecule has 8 N–H and O–H groups in total. The molecule has 0 aromatic rings. The Morgan fingerprint density at radius 1 is 1.00 bits per heavy atom. The molecular weight excluding hydrogens is 584 g/mol. The van der Waals surface area contributed by atoms with E-state index >= 15 is 0 Å². The van der Waals surface area contributed by atoms with Crippen LogP contribution in [0, 0.1) is 45.8 Å². The molecule has 2 saturated heterocycles. The monoisotopic (exact) mass is 644 g/mol. The summed E-state index contributed by atoms with van der Waals surface area (Å²) in [6.45, 7) is 10.5. The molecule has 0 bridgehead atoms. The molecular formula is C37H60N2O7. The number of fused-ring (bicyclic) bond motifs is 2. The molecule has 15 atom stereocenters. The molecule has 3 saturated carbocycles. The van der Waals surface area contributed by atoms with E-state index in [1.54, 1.807) is 6.92 Å². The highest BCUT2D eigenvalue weighted by Gasteiger charge is 2.76. The van der Waals surface area contributed by atoms with Gasteiger partial charge in [0.25, 0.3) is 0 Å². The SMILES string of the molecule is CC(O)(C1OC1C(C)(O)C(C)(CO)CCC1CCNC(N)C1)C1CC2CCC3=C4C(CCC1(C)C42O)C1(C)CCC(O)CC1C3=O. The van der Waals surface area contributed by atoms with Gasteiger partial charge in [-0.25, -0.2) is 0 Å². The second-order valence-corrected chi connectivity index (χ2v) is 18.1. The third kappa shape index (κ3) is 4.44. The standard InChI is InChI=1S/C37H60N2O7/c1-32(19-40,12-8-20-11-15-39-27(38)16-20)36(5,44)31-30(46-31)35(4,43)26-17-21-6-7-23-28-24(10-14-34(26,3)37(21,28)45)33(2)13-9-22(41)18-25(33)29(23)42/h20-22,24-27,30-31,39-41,43-45H,6-19,38H2,1-5H3. The lowest BCUT2D eigenvalue weighted by atomic mass is 9.42. The highest BCUT2D eigenvalue weighted by molar-refractivity contribution is 6.00. The van der Waals surface area contributed by atoms with Crippen molar-refractivity contribution < 1.29 is 35.1 Å². The molecule has 2 heterocycles. The number of ether oxygens (including phenoxy) is 1. The third-order valence-electron chi connectivity index (χ3n) is 15.8. The number of aliphatic hydroxyl groups excluding tert-OH is 2. The van der Waals surface area contributed by atoms with Gasteiger partial charge in [-0.1, -0.05) is 20.8 Å². The molecule has 0 aromatic heterocycles. The van der Waals surface area contributed by atoms with Crippen molar-refractivity contribution in [3.63, 3.8) is 0 Å². The summed E-state index contributed by atoms with van der Waals surface area (Å²) >= 11 is 0. The van der Waals surface area contributed by atoms with E-state index in [4.69, 9.17) is 10.5 Å². The molecule has 15 unspecified atom stereocenters. The van der Waals surface area contributed by atoms with E-state index in [-0.39, 0.29) is 47.6 Å². The third-order valence-corrected chi connectivity index (χ3v) is 15.8. The summed E-state index contributed by atoms with van der Waals surface area (Å²) in [4.78, 5) is 14.1. The lowest BCUT2D eigenvalue weighted by molar-refractivity contribution is -0.164. The minimum atomic E-state index is -1.38. The zero-order valence-electron chi connectivity index (χ0n) is 28.7. The summed E-state index contributed by atoms with van der Waals surface area (Å²) in [5, 5.41) is 62.1. The number of ketones is 1. The van der Waals surface area contributed by atoms with E-state index in [0.717, 1.165) is 56.2 Å². The van der Waals surface area contributed by atoms with Crippen molar-refractivity contribution in [1.29, 1.82) is 0 Å². The summed E-state index contributed by atoms with van der Waals surface area (Å²) < 4.78 is 6.26. The van der Waals surface area contributed by atoms with Gasteiger partial charge in [0, 0.05) is 16.7 Å². The van der Waals surface area contributed by atoms with Gasteiger partial charge >= 0.3 is 0 Å². The topological polar surface area (TPSA) is 169 Å². The second kappa shape index (κ2) is 10.8. The fourth-order valence-electron chi connectivity index (χ4n) is 12.4. The van der Waals surface area contributed by atoms with Crippen LogP contribution in [0.5, 0.6) is 0 Å². The number of epoxide rings is 1. The van der Waals surface area contributed by atoms with Crippen molar-refractivity contribution >= 4 is 5.78 Å². The van der Waals surface area contributed by atoms with Crippen LogP contribution in [-0.2, 0) is 9.53 Å². The Bertz CT molecular complexity index is 1280. The maximum absolute atomic E-state index is 14.1. The largest absolute Gasteiger partial charge is 0.396 e. The Labute approximate surface area is 274 Å². The first-order chi connectivity index (χ1) is 21.5. The van der Waals surface area contributed by atoms with Crippen LogP contribution in [0.4, 0.5) is 0 Å². The van der Waals surface area contributed by atoms with Crippen LogP contribution in [0.15, 0.2) is 11.1 Å². The first-order valence-corrected chi connectivity index (χ1v) is 18.3. The quantitative estimate of drug-likeness (QED) is 0.197. The zero-order chi connectivity index (χ0) is 33.2. The minimum Gasteiger partial charge on any atom is -0.396 e. The van der Waals surface area contributed by atoms with E-state index in [2.05, 4.69) is 19.2 Å². The number of carbonyl (C=O) groups is 1. The summed E-state index contributed by atoms with van der Waals surface area (Å²) in [6.07, 6.45) is 7.18. The van der Waals surface area contributed by atoms with E-state index in [9.17, 15) is 30.3 Å². The zero-order valence-corrected chi connectivity index (χ0v) is 28.7. The Kier molecular flexibility index (Phi) is 7.88. The summed E-state index contributed by atoms with van der Waals surface area (Å²) in [5.41, 5.74) is 2.25. The highest BCUT2D eigenvalue weighted by atomic mass is 16.6. The first-order valence-electron chi connectivity index (χ1n) is 18.3.